The van der Waals surface area contributed by atoms with Gasteiger partial charge in [-0.1, -0.05) is 36.4 Å². The maximum absolute atomic E-state index is 12.3. The zero-order valence-electron chi connectivity index (χ0n) is 12.3. The predicted octanol–water partition coefficient (Wildman–Crippen LogP) is 1.80. The number of hydrogen-bond acceptors (Lipinski definition) is 4. The molecule has 0 fully saturated rings. The van der Waals surface area contributed by atoms with Crippen molar-refractivity contribution in [2.24, 2.45) is 11.7 Å². The molecule has 2 rings (SSSR count). The Morgan fingerprint density at radius 1 is 1.14 bits per heavy atom. The molecular weight excluding hydrogens is 280 g/mol. The summed E-state index contributed by atoms with van der Waals surface area (Å²) in [6.07, 6.45) is -1.13. The largest absolute Gasteiger partial charge is 0.393 e. The molecule has 0 aliphatic rings. The number of Topliss-reactive ketones (excluding diaryl/α,β-unsaturated/α-hetero) is 1. The summed E-state index contributed by atoms with van der Waals surface area (Å²) < 4.78 is 0. The molecule has 22 heavy (non-hydrogen) atoms. The molecule has 0 spiro atoms. The minimum Gasteiger partial charge on any atom is -0.393 e. The van der Waals surface area contributed by atoms with Gasteiger partial charge in [-0.05, 0) is 19.1 Å². The summed E-state index contributed by atoms with van der Waals surface area (Å²) in [6, 6.07) is 14.6. The van der Waals surface area contributed by atoms with Crippen LogP contribution in [0.15, 0.2) is 48.5 Å². The molecule has 0 aliphatic heterocycles. The summed E-state index contributed by atoms with van der Waals surface area (Å²) >= 11 is 0. The fraction of sp³-hybridized carbons (Fsp3) is 0.235. The quantitative estimate of drug-likeness (QED) is 0.795. The molecule has 1 heterocycles. The van der Waals surface area contributed by atoms with Gasteiger partial charge in [0.2, 0.25) is 5.91 Å². The first-order valence-electron chi connectivity index (χ1n) is 7.02. The van der Waals surface area contributed by atoms with Crippen molar-refractivity contribution in [2.45, 2.75) is 19.4 Å². The molecule has 0 unspecified atom stereocenters. The molecule has 1 amide bonds. The number of aliphatic hydroxyl groups is 1. The Balaban J connectivity index is 2.22. The molecular formula is C17H18N2O3. The number of benzene rings is 1. The van der Waals surface area contributed by atoms with Crippen molar-refractivity contribution in [3.63, 3.8) is 0 Å². The zero-order chi connectivity index (χ0) is 16.1. The van der Waals surface area contributed by atoms with E-state index in [0.717, 1.165) is 5.56 Å². The van der Waals surface area contributed by atoms with Gasteiger partial charge in [0.1, 0.15) is 5.69 Å². The van der Waals surface area contributed by atoms with Crippen molar-refractivity contribution >= 4 is 11.7 Å². The van der Waals surface area contributed by atoms with Gasteiger partial charge in [0.25, 0.3) is 0 Å². The molecule has 0 aliphatic carbocycles. The molecule has 114 valence electrons. The normalized spacial score (nSPS) is 13.4. The van der Waals surface area contributed by atoms with E-state index in [-0.39, 0.29) is 17.9 Å². The van der Waals surface area contributed by atoms with E-state index < -0.39 is 17.9 Å². The van der Waals surface area contributed by atoms with Gasteiger partial charge in [-0.3, -0.25) is 9.59 Å². The van der Waals surface area contributed by atoms with Crippen LogP contribution in [0, 0.1) is 5.92 Å². The first-order chi connectivity index (χ1) is 10.5. The molecule has 2 aromatic rings. The lowest BCUT2D eigenvalue weighted by Crippen LogP contribution is -2.33. The summed E-state index contributed by atoms with van der Waals surface area (Å²) in [5, 5.41) is 9.54. The molecule has 0 saturated heterocycles. The van der Waals surface area contributed by atoms with Crippen LogP contribution in [0.25, 0.3) is 11.3 Å². The van der Waals surface area contributed by atoms with Gasteiger partial charge in [0, 0.05) is 12.0 Å². The molecule has 5 nitrogen and oxygen atoms in total. The van der Waals surface area contributed by atoms with Crippen LogP contribution >= 0.6 is 0 Å². The van der Waals surface area contributed by atoms with Crippen molar-refractivity contribution in [3.05, 3.63) is 54.2 Å². The van der Waals surface area contributed by atoms with Gasteiger partial charge in [0.15, 0.2) is 5.78 Å². The SMILES string of the molecule is C[C@@H](O)[C@H](CC(=O)c1cccc(-c2ccccc2)n1)C(N)=O. The van der Waals surface area contributed by atoms with E-state index in [1.807, 2.05) is 36.4 Å². The summed E-state index contributed by atoms with van der Waals surface area (Å²) in [7, 11) is 0. The number of amides is 1. The molecule has 2 atom stereocenters. The minimum atomic E-state index is -0.973. The van der Waals surface area contributed by atoms with Gasteiger partial charge in [0.05, 0.1) is 17.7 Å². The Morgan fingerprint density at radius 2 is 1.82 bits per heavy atom. The number of nitrogens with zero attached hydrogens (tertiary/aromatic N) is 1. The Labute approximate surface area is 128 Å². The van der Waals surface area contributed by atoms with E-state index in [4.69, 9.17) is 5.73 Å². The third-order valence-electron chi connectivity index (χ3n) is 3.46. The van der Waals surface area contributed by atoms with E-state index in [2.05, 4.69) is 4.98 Å². The van der Waals surface area contributed by atoms with Gasteiger partial charge in [-0.2, -0.15) is 0 Å². The topological polar surface area (TPSA) is 93.3 Å². The minimum absolute atomic E-state index is 0.155. The van der Waals surface area contributed by atoms with Crippen LogP contribution in [-0.2, 0) is 4.79 Å². The first-order valence-corrected chi connectivity index (χ1v) is 7.02. The fourth-order valence-electron chi connectivity index (χ4n) is 2.17. The highest BCUT2D eigenvalue weighted by Gasteiger charge is 2.25. The third-order valence-corrected chi connectivity index (χ3v) is 3.46. The number of rotatable bonds is 6. The lowest BCUT2D eigenvalue weighted by Gasteiger charge is -2.15. The molecule has 1 aromatic carbocycles. The van der Waals surface area contributed by atoms with Crippen LogP contribution in [-0.4, -0.2) is 27.9 Å². The predicted molar refractivity (Wildman–Crippen MR) is 83.0 cm³/mol. The van der Waals surface area contributed by atoms with Crippen LogP contribution in [0.5, 0.6) is 0 Å². The highest BCUT2D eigenvalue weighted by atomic mass is 16.3. The Morgan fingerprint density at radius 3 is 2.41 bits per heavy atom. The average Bonchev–Trinajstić information content (AvgIpc) is 2.52. The Kier molecular flexibility index (Phi) is 5.01. The van der Waals surface area contributed by atoms with E-state index >= 15 is 0 Å². The van der Waals surface area contributed by atoms with Crippen LogP contribution in [0.3, 0.4) is 0 Å². The van der Waals surface area contributed by atoms with Crippen molar-refractivity contribution in [1.82, 2.24) is 4.98 Å². The van der Waals surface area contributed by atoms with E-state index in [0.29, 0.717) is 5.69 Å². The summed E-state index contributed by atoms with van der Waals surface area (Å²) in [6.45, 7) is 1.44. The number of pyridine rings is 1. The van der Waals surface area contributed by atoms with Crippen LogP contribution in [0.2, 0.25) is 0 Å². The first kappa shape index (κ1) is 15.9. The highest BCUT2D eigenvalue weighted by Crippen LogP contribution is 2.18. The zero-order valence-corrected chi connectivity index (χ0v) is 12.3. The average molecular weight is 298 g/mol. The van der Waals surface area contributed by atoms with Gasteiger partial charge < -0.3 is 10.8 Å². The van der Waals surface area contributed by atoms with Crippen molar-refractivity contribution in [2.75, 3.05) is 0 Å². The molecule has 0 saturated carbocycles. The monoisotopic (exact) mass is 298 g/mol. The highest BCUT2D eigenvalue weighted by molar-refractivity contribution is 5.97. The number of carbonyl (C=O) groups is 2. The second-order valence-electron chi connectivity index (χ2n) is 5.15. The number of aromatic nitrogens is 1. The Hall–Kier alpha value is -2.53. The number of nitrogens with two attached hydrogens (primary N) is 1. The second kappa shape index (κ2) is 6.95. The standard InChI is InChI=1S/C17H18N2O3/c1-11(20)13(17(18)22)10-16(21)15-9-5-8-14(19-15)12-6-3-2-4-7-12/h2-9,11,13,20H,10H2,1H3,(H2,18,22)/t11-,13+/m1/s1. The van der Waals surface area contributed by atoms with E-state index in [1.54, 1.807) is 12.1 Å². The maximum Gasteiger partial charge on any atom is 0.223 e. The summed E-state index contributed by atoms with van der Waals surface area (Å²) in [4.78, 5) is 27.9. The lowest BCUT2D eigenvalue weighted by atomic mass is 9.95. The summed E-state index contributed by atoms with van der Waals surface area (Å²) in [5.74, 6) is -1.92. The second-order valence-corrected chi connectivity index (χ2v) is 5.15. The van der Waals surface area contributed by atoms with Gasteiger partial charge >= 0.3 is 0 Å². The van der Waals surface area contributed by atoms with Crippen LogP contribution in [0.4, 0.5) is 0 Å². The summed E-state index contributed by atoms with van der Waals surface area (Å²) in [5.41, 5.74) is 7.05. The lowest BCUT2D eigenvalue weighted by molar-refractivity contribution is -0.124. The number of carbonyl (C=O) groups excluding carboxylic acids is 2. The number of hydrogen-bond donors (Lipinski definition) is 2. The Bertz CT molecular complexity index is 669. The molecule has 0 bridgehead atoms. The van der Waals surface area contributed by atoms with Crippen LogP contribution in [0.1, 0.15) is 23.8 Å². The molecule has 1 aromatic heterocycles. The third kappa shape index (κ3) is 3.77. The molecule has 3 N–H and O–H groups in total. The van der Waals surface area contributed by atoms with Crippen molar-refractivity contribution < 1.29 is 14.7 Å². The van der Waals surface area contributed by atoms with Crippen molar-refractivity contribution in [1.29, 1.82) is 0 Å². The fourth-order valence-corrected chi connectivity index (χ4v) is 2.17. The van der Waals surface area contributed by atoms with Crippen molar-refractivity contribution in [3.8, 4) is 11.3 Å². The smallest absolute Gasteiger partial charge is 0.223 e. The van der Waals surface area contributed by atoms with E-state index in [1.165, 1.54) is 6.92 Å². The number of ketones is 1. The molecule has 5 heteroatoms. The maximum atomic E-state index is 12.3. The van der Waals surface area contributed by atoms with Gasteiger partial charge in [-0.25, -0.2) is 4.98 Å². The van der Waals surface area contributed by atoms with Gasteiger partial charge in [-0.15, -0.1) is 0 Å². The number of primary amides is 1. The molecule has 0 radical (unpaired) electrons. The van der Waals surface area contributed by atoms with Crippen LogP contribution < -0.4 is 5.73 Å². The number of aliphatic hydroxyl groups excluding tert-OH is 1. The van der Waals surface area contributed by atoms with E-state index in [9.17, 15) is 14.7 Å².